The number of urea groups is 1. The second-order valence-corrected chi connectivity index (χ2v) is 18.0. The maximum Gasteiger partial charge on any atom is 0.411 e. The summed E-state index contributed by atoms with van der Waals surface area (Å²) in [5, 5.41) is 13.6. The average Bonchev–Trinajstić information content (AvgIpc) is 3.61. The number of nitrogens with one attached hydrogen (secondary N) is 5. The molecule has 10 amide bonds. The van der Waals surface area contributed by atoms with Crippen molar-refractivity contribution in [1.29, 1.82) is 0 Å². The van der Waals surface area contributed by atoms with Crippen molar-refractivity contribution in [3.05, 3.63) is 93.5 Å². The highest BCUT2D eigenvalue weighted by Crippen LogP contribution is 2.30. The van der Waals surface area contributed by atoms with Crippen molar-refractivity contribution in [1.82, 2.24) is 35.6 Å². The number of hydrogen-bond donors (Lipinski definition) is 5. The number of likely N-dealkylation sites (N-methyl/N-ethyl adjacent to an activating group) is 2. The molecule has 0 spiro atoms. The minimum atomic E-state index is -0.978. The number of hydrogen-bond acceptors (Lipinski definition) is 12. The van der Waals surface area contributed by atoms with Crippen LogP contribution in [0.15, 0.2) is 60.7 Å². The lowest BCUT2D eigenvalue weighted by Crippen LogP contribution is -2.55. The van der Waals surface area contributed by atoms with Crippen LogP contribution in [-0.2, 0) is 53.1 Å². The van der Waals surface area contributed by atoms with Gasteiger partial charge in [-0.1, -0.05) is 41.9 Å². The van der Waals surface area contributed by atoms with E-state index in [4.69, 9.17) is 25.8 Å². The van der Waals surface area contributed by atoms with Crippen LogP contribution in [0.3, 0.4) is 0 Å². The molecular formula is C47H58ClN9O12. The summed E-state index contributed by atoms with van der Waals surface area (Å²) >= 11 is 6.16. The zero-order chi connectivity index (χ0) is 50.7. The van der Waals surface area contributed by atoms with Gasteiger partial charge in [0.25, 0.3) is 11.8 Å². The lowest BCUT2D eigenvalue weighted by atomic mass is 10.0. The molecule has 0 aliphatic carbocycles. The SMILES string of the molecule is Cc1ccc(NC(=O)NCc2ccc3c(c2)CN(C2CCC(=O)N(COC(=O)N(C)CCN(C)C(=O)OCc4ccc(NC(=O)[C@H](C)NC(=O)[C@H](C)NC(=O)OC(C)(C)C)cc4)C2=O)C3=O)cc1Cl. The number of ether oxygens (including phenoxy) is 3. The van der Waals surface area contributed by atoms with Crippen molar-refractivity contribution in [3.8, 4) is 0 Å². The van der Waals surface area contributed by atoms with Crippen LogP contribution in [0.5, 0.6) is 0 Å². The number of fused-ring (bicyclic) bond motifs is 1. The summed E-state index contributed by atoms with van der Waals surface area (Å²) in [7, 11) is 2.89. The quantitative estimate of drug-likeness (QED) is 0.0930. The number of benzene rings is 3. The molecule has 21 nitrogen and oxygen atoms in total. The number of carbonyl (C=O) groups excluding carboxylic acids is 9. The molecule has 5 N–H and O–H groups in total. The van der Waals surface area contributed by atoms with Crippen LogP contribution in [0, 0.1) is 6.92 Å². The van der Waals surface area contributed by atoms with Crippen molar-refractivity contribution < 1.29 is 57.4 Å². The molecule has 1 fully saturated rings. The molecule has 1 saturated heterocycles. The third-order valence-electron chi connectivity index (χ3n) is 10.9. The van der Waals surface area contributed by atoms with Gasteiger partial charge in [-0.15, -0.1) is 0 Å². The Balaban J connectivity index is 1.01. The zero-order valence-electron chi connectivity index (χ0n) is 39.7. The fourth-order valence-electron chi connectivity index (χ4n) is 6.89. The van der Waals surface area contributed by atoms with E-state index >= 15 is 0 Å². The average molecular weight is 976 g/mol. The van der Waals surface area contributed by atoms with Crippen molar-refractivity contribution >= 4 is 76.8 Å². The third kappa shape index (κ3) is 14.8. The molecule has 2 aliphatic heterocycles. The van der Waals surface area contributed by atoms with Crippen LogP contribution in [0.2, 0.25) is 5.02 Å². The van der Waals surface area contributed by atoms with Gasteiger partial charge in [0.05, 0.1) is 0 Å². The smallest absolute Gasteiger partial charge is 0.411 e. The molecule has 3 atom stereocenters. The van der Waals surface area contributed by atoms with Crippen LogP contribution in [0.1, 0.15) is 80.1 Å². The minimum absolute atomic E-state index is 0.00568. The van der Waals surface area contributed by atoms with E-state index in [0.717, 1.165) is 20.9 Å². The van der Waals surface area contributed by atoms with Crippen molar-refractivity contribution in [2.45, 2.75) is 97.8 Å². The second kappa shape index (κ2) is 23.1. The van der Waals surface area contributed by atoms with Crippen molar-refractivity contribution in [2.75, 3.05) is 44.5 Å². The van der Waals surface area contributed by atoms with Gasteiger partial charge >= 0.3 is 24.3 Å². The van der Waals surface area contributed by atoms with E-state index in [0.29, 0.717) is 33.1 Å². The number of carbonyl (C=O) groups is 9. The summed E-state index contributed by atoms with van der Waals surface area (Å²) in [6.07, 6.45) is -2.30. The second-order valence-electron chi connectivity index (χ2n) is 17.6. The standard InChI is InChI=1S/C47H58ClN9O12/c1-27-9-13-34(22-36(27)48)53-43(63)49-23-31-12-16-35-32(21-31)24-56(41(35)61)37-17-18-38(58)57(42(37)62)26-68-46(66)55(8)20-19-54(7)45(65)67-25-30-10-14-33(15-11-30)52-40(60)28(2)50-39(59)29(3)51-44(64)69-47(4,5)6/h9-16,21-22,28-29,37H,17-20,23-26H2,1-8H3,(H,50,59)(H,51,64)(H,52,60)(H2,49,53,63)/t28-,29-,37?/m0/s1. The first-order valence-corrected chi connectivity index (χ1v) is 22.4. The van der Waals surface area contributed by atoms with E-state index in [2.05, 4.69) is 26.6 Å². The minimum Gasteiger partial charge on any atom is -0.445 e. The van der Waals surface area contributed by atoms with Gasteiger partial charge < -0.3 is 55.5 Å². The highest BCUT2D eigenvalue weighted by molar-refractivity contribution is 6.31. The predicted molar refractivity (Wildman–Crippen MR) is 252 cm³/mol. The van der Waals surface area contributed by atoms with E-state index in [9.17, 15) is 43.2 Å². The molecule has 22 heteroatoms. The van der Waals surface area contributed by atoms with Gasteiger partial charge in [0, 0.05) is 68.7 Å². The van der Waals surface area contributed by atoms with Crippen LogP contribution >= 0.6 is 11.6 Å². The Kier molecular flexibility index (Phi) is 17.6. The molecule has 0 radical (unpaired) electrons. The van der Waals surface area contributed by atoms with Crippen LogP contribution in [-0.4, -0.2) is 131 Å². The molecular weight excluding hydrogens is 918 g/mol. The van der Waals surface area contributed by atoms with Crippen LogP contribution < -0.4 is 26.6 Å². The summed E-state index contributed by atoms with van der Waals surface area (Å²) in [4.78, 5) is 120. The Hall–Kier alpha value is -7.42. The number of alkyl carbamates (subject to hydrolysis) is 1. The number of piperidine rings is 1. The molecule has 2 aliphatic rings. The molecule has 69 heavy (non-hydrogen) atoms. The molecule has 0 bridgehead atoms. The molecule has 1 unspecified atom stereocenters. The van der Waals surface area contributed by atoms with Crippen molar-refractivity contribution in [2.24, 2.45) is 0 Å². The highest BCUT2D eigenvalue weighted by atomic mass is 35.5. The summed E-state index contributed by atoms with van der Waals surface area (Å²) in [5.74, 6) is -2.72. The van der Waals surface area contributed by atoms with Gasteiger partial charge in [-0.05, 0) is 101 Å². The predicted octanol–water partition coefficient (Wildman–Crippen LogP) is 5.09. The van der Waals surface area contributed by atoms with Gasteiger partial charge in [-0.2, -0.15) is 0 Å². The molecule has 370 valence electrons. The molecule has 3 aromatic rings. The summed E-state index contributed by atoms with van der Waals surface area (Å²) < 4.78 is 15.9. The molecule has 5 rings (SSSR count). The topological polar surface area (TPSA) is 254 Å². The van der Waals surface area contributed by atoms with E-state index in [1.54, 1.807) is 81.4 Å². The normalized spacial score (nSPS) is 15.3. The number of amides is 10. The Bertz CT molecular complexity index is 2460. The summed E-state index contributed by atoms with van der Waals surface area (Å²) in [5.41, 5.74) is 3.45. The number of likely N-dealkylation sites (tertiary alicyclic amines) is 1. The number of rotatable bonds is 16. The number of nitrogens with zero attached hydrogens (tertiary/aromatic N) is 4. The number of anilines is 2. The lowest BCUT2D eigenvalue weighted by Gasteiger charge is -2.35. The monoisotopic (exact) mass is 975 g/mol. The van der Waals surface area contributed by atoms with E-state index in [1.165, 1.54) is 37.7 Å². The number of aryl methyl sites for hydroxylation is 1. The fourth-order valence-corrected chi connectivity index (χ4v) is 7.07. The first kappa shape index (κ1) is 52.5. The first-order chi connectivity index (χ1) is 32.5. The number of imide groups is 1. The Morgan fingerprint density at radius 1 is 0.797 bits per heavy atom. The van der Waals surface area contributed by atoms with Crippen molar-refractivity contribution in [3.63, 3.8) is 0 Å². The Labute approximate surface area is 404 Å². The van der Waals surface area contributed by atoms with Gasteiger partial charge in [0.15, 0.2) is 6.73 Å². The lowest BCUT2D eigenvalue weighted by molar-refractivity contribution is -0.157. The first-order valence-electron chi connectivity index (χ1n) is 22.0. The van der Waals surface area contributed by atoms with E-state index in [1.807, 2.05) is 6.92 Å². The summed E-state index contributed by atoms with van der Waals surface area (Å²) in [6, 6.07) is 13.4. The maximum absolute atomic E-state index is 13.6. The van der Waals surface area contributed by atoms with Gasteiger partial charge in [-0.25, -0.2) is 24.1 Å². The maximum atomic E-state index is 13.6. The molecule has 2 heterocycles. The Morgan fingerprint density at radius 2 is 1.42 bits per heavy atom. The van der Waals surface area contributed by atoms with Gasteiger partial charge in [-0.3, -0.25) is 24.0 Å². The Morgan fingerprint density at radius 3 is 2.07 bits per heavy atom. The fraction of sp³-hybridized carbons (Fsp3) is 0.426. The largest absolute Gasteiger partial charge is 0.445 e. The third-order valence-corrected chi connectivity index (χ3v) is 11.3. The number of halogens is 1. The van der Waals surface area contributed by atoms with Crippen LogP contribution in [0.25, 0.3) is 0 Å². The molecule has 0 saturated carbocycles. The van der Waals surface area contributed by atoms with Gasteiger partial charge in [0.1, 0.15) is 30.3 Å². The van der Waals surface area contributed by atoms with Crippen LogP contribution in [0.4, 0.5) is 30.6 Å². The van der Waals surface area contributed by atoms with E-state index in [-0.39, 0.29) is 51.5 Å². The molecule has 3 aromatic carbocycles. The van der Waals surface area contributed by atoms with Gasteiger partial charge in [0.2, 0.25) is 17.7 Å². The molecule has 0 aromatic heterocycles. The van der Waals surface area contributed by atoms with E-state index < -0.39 is 78.4 Å². The zero-order valence-corrected chi connectivity index (χ0v) is 40.5. The summed E-state index contributed by atoms with van der Waals surface area (Å²) in [6.45, 7) is 9.38. The highest BCUT2D eigenvalue weighted by Gasteiger charge is 2.43.